The Labute approximate surface area is 168 Å². The van der Waals surface area contributed by atoms with E-state index in [0.29, 0.717) is 22.7 Å². The van der Waals surface area contributed by atoms with Gasteiger partial charge in [-0.1, -0.05) is 6.07 Å². The number of ether oxygens (including phenoxy) is 1. The lowest BCUT2D eigenvalue weighted by Crippen LogP contribution is -2.26. The standard InChI is InChI=1S/C21H19FN2O4S/c1-24(29(26,27)20-12-10-19(28-2)11-13-20)18-8-6-15(7-9-18)21(25)23-17-5-3-4-16(22)14-17/h3-14H,1-2H3,(H,23,25). The molecule has 0 fully saturated rings. The van der Waals surface area contributed by atoms with Crippen molar-refractivity contribution in [3.05, 3.63) is 84.2 Å². The molecule has 8 heteroatoms. The summed E-state index contributed by atoms with van der Waals surface area (Å²) in [6, 6.07) is 17.7. The lowest BCUT2D eigenvalue weighted by atomic mass is 10.2. The summed E-state index contributed by atoms with van der Waals surface area (Å²) in [4.78, 5) is 12.4. The number of carbonyl (C=O) groups excluding carboxylic acids is 1. The molecule has 1 N–H and O–H groups in total. The van der Waals surface area contributed by atoms with Crippen LogP contribution in [0.5, 0.6) is 5.75 Å². The molecule has 0 aromatic heterocycles. The van der Waals surface area contributed by atoms with Crippen LogP contribution < -0.4 is 14.4 Å². The van der Waals surface area contributed by atoms with Crippen molar-refractivity contribution in [3.63, 3.8) is 0 Å². The molecule has 3 aromatic rings. The number of carbonyl (C=O) groups is 1. The van der Waals surface area contributed by atoms with Gasteiger partial charge in [0, 0.05) is 18.3 Å². The molecule has 0 radical (unpaired) electrons. The van der Waals surface area contributed by atoms with Crippen LogP contribution in [0.4, 0.5) is 15.8 Å². The molecule has 0 atom stereocenters. The van der Waals surface area contributed by atoms with Gasteiger partial charge in [-0.3, -0.25) is 9.10 Å². The Morgan fingerprint density at radius 1 is 1.00 bits per heavy atom. The highest BCUT2D eigenvalue weighted by Gasteiger charge is 2.21. The van der Waals surface area contributed by atoms with Gasteiger partial charge in [-0.05, 0) is 66.7 Å². The summed E-state index contributed by atoms with van der Waals surface area (Å²) in [5.41, 5.74) is 1.04. The fraction of sp³-hybridized carbons (Fsp3) is 0.0952. The summed E-state index contributed by atoms with van der Waals surface area (Å²) in [6.45, 7) is 0. The van der Waals surface area contributed by atoms with E-state index in [-0.39, 0.29) is 4.90 Å². The van der Waals surface area contributed by atoms with E-state index in [9.17, 15) is 17.6 Å². The maximum absolute atomic E-state index is 13.2. The van der Waals surface area contributed by atoms with Gasteiger partial charge in [-0.25, -0.2) is 12.8 Å². The lowest BCUT2D eigenvalue weighted by Gasteiger charge is -2.20. The summed E-state index contributed by atoms with van der Waals surface area (Å²) in [5.74, 6) is -0.327. The maximum atomic E-state index is 13.2. The van der Waals surface area contributed by atoms with Crippen LogP contribution in [0.2, 0.25) is 0 Å². The lowest BCUT2D eigenvalue weighted by molar-refractivity contribution is 0.102. The van der Waals surface area contributed by atoms with E-state index in [1.165, 1.54) is 68.8 Å². The summed E-state index contributed by atoms with van der Waals surface area (Å²) in [7, 11) is -0.834. The quantitative estimate of drug-likeness (QED) is 0.664. The highest BCUT2D eigenvalue weighted by Crippen LogP contribution is 2.24. The number of amides is 1. The SMILES string of the molecule is COc1ccc(S(=O)(=O)N(C)c2ccc(C(=O)Nc3cccc(F)c3)cc2)cc1. The molecule has 6 nitrogen and oxygen atoms in total. The number of anilines is 2. The predicted molar refractivity (Wildman–Crippen MR) is 109 cm³/mol. The average Bonchev–Trinajstić information content (AvgIpc) is 2.73. The maximum Gasteiger partial charge on any atom is 0.264 e. The molecular formula is C21H19FN2O4S. The third-order valence-corrected chi connectivity index (χ3v) is 6.09. The van der Waals surface area contributed by atoms with E-state index in [1.54, 1.807) is 18.2 Å². The Bertz CT molecular complexity index is 1110. The first kappa shape index (κ1) is 20.3. The van der Waals surface area contributed by atoms with Crippen LogP contribution in [0, 0.1) is 5.82 Å². The molecule has 29 heavy (non-hydrogen) atoms. The van der Waals surface area contributed by atoms with E-state index < -0.39 is 21.7 Å². The van der Waals surface area contributed by atoms with E-state index in [0.717, 1.165) is 4.31 Å². The predicted octanol–water partition coefficient (Wildman–Crippen LogP) is 3.91. The number of hydrogen-bond donors (Lipinski definition) is 1. The van der Waals surface area contributed by atoms with Crippen molar-refractivity contribution in [2.45, 2.75) is 4.90 Å². The second-order valence-corrected chi connectivity index (χ2v) is 8.13. The number of nitrogens with one attached hydrogen (secondary N) is 1. The first-order valence-corrected chi connectivity index (χ1v) is 10.1. The molecule has 0 saturated heterocycles. The zero-order valence-electron chi connectivity index (χ0n) is 15.8. The largest absolute Gasteiger partial charge is 0.497 e. The first-order chi connectivity index (χ1) is 13.8. The van der Waals surface area contributed by atoms with Crippen molar-refractivity contribution in [2.75, 3.05) is 23.8 Å². The monoisotopic (exact) mass is 414 g/mol. The van der Waals surface area contributed by atoms with Gasteiger partial charge in [-0.2, -0.15) is 0 Å². The van der Waals surface area contributed by atoms with Gasteiger partial charge in [0.05, 0.1) is 17.7 Å². The van der Waals surface area contributed by atoms with Gasteiger partial charge in [0.15, 0.2) is 0 Å². The number of sulfonamides is 1. The topological polar surface area (TPSA) is 75.7 Å². The fourth-order valence-electron chi connectivity index (χ4n) is 2.64. The summed E-state index contributed by atoms with van der Waals surface area (Å²) in [5, 5.41) is 2.59. The Hall–Kier alpha value is -3.39. The number of halogens is 1. The van der Waals surface area contributed by atoms with Crippen LogP contribution in [-0.2, 0) is 10.0 Å². The normalized spacial score (nSPS) is 11.0. The zero-order chi connectivity index (χ0) is 21.0. The zero-order valence-corrected chi connectivity index (χ0v) is 16.6. The van der Waals surface area contributed by atoms with Crippen LogP contribution >= 0.6 is 0 Å². The third kappa shape index (κ3) is 4.55. The first-order valence-electron chi connectivity index (χ1n) is 8.61. The molecule has 0 aliphatic heterocycles. The summed E-state index contributed by atoms with van der Waals surface area (Å²) < 4.78 is 45.0. The molecule has 0 saturated carbocycles. The van der Waals surface area contributed by atoms with Gasteiger partial charge >= 0.3 is 0 Å². The molecule has 0 aliphatic rings. The van der Waals surface area contributed by atoms with Gasteiger partial charge in [0.25, 0.3) is 15.9 Å². The molecule has 0 spiro atoms. The number of rotatable bonds is 6. The number of hydrogen-bond acceptors (Lipinski definition) is 4. The molecule has 0 heterocycles. The van der Waals surface area contributed by atoms with Crippen LogP contribution in [0.3, 0.4) is 0 Å². The number of benzene rings is 3. The third-order valence-electron chi connectivity index (χ3n) is 4.29. The van der Waals surface area contributed by atoms with Crippen molar-refractivity contribution in [2.24, 2.45) is 0 Å². The molecule has 0 bridgehead atoms. The number of nitrogens with zero attached hydrogens (tertiary/aromatic N) is 1. The summed E-state index contributed by atoms with van der Waals surface area (Å²) in [6.07, 6.45) is 0. The molecule has 0 unspecified atom stereocenters. The molecule has 0 aliphatic carbocycles. The molecule has 3 aromatic carbocycles. The molecule has 1 amide bonds. The summed E-state index contributed by atoms with van der Waals surface area (Å²) >= 11 is 0. The second-order valence-electron chi connectivity index (χ2n) is 6.16. The molecular weight excluding hydrogens is 395 g/mol. The van der Waals surface area contributed by atoms with Crippen LogP contribution in [0.1, 0.15) is 10.4 Å². The minimum Gasteiger partial charge on any atom is -0.497 e. The van der Waals surface area contributed by atoms with Crippen LogP contribution in [0.25, 0.3) is 0 Å². The fourth-order valence-corrected chi connectivity index (χ4v) is 3.83. The van der Waals surface area contributed by atoms with Crippen molar-refractivity contribution in [1.82, 2.24) is 0 Å². The smallest absolute Gasteiger partial charge is 0.264 e. The Morgan fingerprint density at radius 2 is 1.66 bits per heavy atom. The Balaban J connectivity index is 1.76. The van der Waals surface area contributed by atoms with Gasteiger partial charge in [0.1, 0.15) is 11.6 Å². The van der Waals surface area contributed by atoms with E-state index in [2.05, 4.69) is 5.32 Å². The average molecular weight is 414 g/mol. The highest BCUT2D eigenvalue weighted by atomic mass is 32.2. The molecule has 150 valence electrons. The van der Waals surface area contributed by atoms with E-state index >= 15 is 0 Å². The van der Waals surface area contributed by atoms with Crippen molar-refractivity contribution < 1.29 is 22.3 Å². The van der Waals surface area contributed by atoms with Crippen molar-refractivity contribution >= 4 is 27.3 Å². The van der Waals surface area contributed by atoms with E-state index in [1.807, 2.05) is 0 Å². The van der Waals surface area contributed by atoms with Gasteiger partial charge < -0.3 is 10.1 Å². The Morgan fingerprint density at radius 3 is 2.24 bits per heavy atom. The van der Waals surface area contributed by atoms with Gasteiger partial charge in [0.2, 0.25) is 0 Å². The minimum absolute atomic E-state index is 0.119. The molecule has 3 rings (SSSR count). The highest BCUT2D eigenvalue weighted by molar-refractivity contribution is 7.92. The van der Waals surface area contributed by atoms with Crippen molar-refractivity contribution in [3.8, 4) is 5.75 Å². The van der Waals surface area contributed by atoms with Gasteiger partial charge in [-0.15, -0.1) is 0 Å². The number of methoxy groups -OCH3 is 1. The van der Waals surface area contributed by atoms with Crippen LogP contribution in [-0.4, -0.2) is 28.5 Å². The van der Waals surface area contributed by atoms with Crippen LogP contribution in [0.15, 0.2) is 77.7 Å². The minimum atomic E-state index is -3.77. The van der Waals surface area contributed by atoms with E-state index in [4.69, 9.17) is 4.74 Å². The van der Waals surface area contributed by atoms with Crippen molar-refractivity contribution in [1.29, 1.82) is 0 Å². The Kier molecular flexibility index (Phi) is 5.84. The second kappa shape index (κ2) is 8.32.